The fourth-order valence-corrected chi connectivity index (χ4v) is 3.74. The molecule has 1 saturated heterocycles. The van der Waals surface area contributed by atoms with Crippen molar-refractivity contribution in [1.29, 1.82) is 0 Å². The average Bonchev–Trinajstić information content (AvgIpc) is 2.84. The number of aromatic nitrogens is 1. The van der Waals surface area contributed by atoms with E-state index in [2.05, 4.69) is 4.98 Å². The molecule has 17 heavy (non-hydrogen) atoms. The van der Waals surface area contributed by atoms with E-state index in [0.717, 1.165) is 16.7 Å². The third-order valence-electron chi connectivity index (χ3n) is 3.02. The normalized spacial score (nSPS) is 22.9. The summed E-state index contributed by atoms with van der Waals surface area (Å²) >= 11 is 0. The quantitative estimate of drug-likeness (QED) is 0.884. The fraction of sp³-hybridized carbons (Fsp3) is 0.333. The zero-order valence-corrected chi connectivity index (χ0v) is 10.0. The molecule has 0 amide bonds. The molecule has 2 aromatic rings. The Morgan fingerprint density at radius 3 is 2.94 bits per heavy atom. The number of sulfone groups is 1. The number of nitrogens with one attached hydrogen (secondary N) is 1. The topological polar surface area (TPSA) is 59.2 Å². The number of aromatic amines is 1. The van der Waals surface area contributed by atoms with Crippen molar-refractivity contribution in [2.24, 2.45) is 0 Å². The number of hydrogen-bond donors (Lipinski definition) is 1. The van der Waals surface area contributed by atoms with Crippen molar-refractivity contribution in [2.45, 2.75) is 12.5 Å². The van der Waals surface area contributed by atoms with Crippen LogP contribution in [0.2, 0.25) is 0 Å². The molecule has 1 aliphatic rings. The molecular formula is C12H13NO3S. The van der Waals surface area contributed by atoms with Crippen LogP contribution in [0.5, 0.6) is 5.75 Å². The smallest absolute Gasteiger partial charge is 0.154 e. The highest BCUT2D eigenvalue weighted by atomic mass is 32.2. The summed E-state index contributed by atoms with van der Waals surface area (Å²) in [7, 11) is -2.88. The van der Waals surface area contributed by atoms with Gasteiger partial charge in [0.1, 0.15) is 11.9 Å². The van der Waals surface area contributed by atoms with Crippen molar-refractivity contribution < 1.29 is 13.2 Å². The van der Waals surface area contributed by atoms with Crippen LogP contribution < -0.4 is 4.74 Å². The van der Waals surface area contributed by atoms with E-state index in [4.69, 9.17) is 4.74 Å². The molecule has 0 bridgehead atoms. The first-order chi connectivity index (χ1) is 8.12. The van der Waals surface area contributed by atoms with Crippen LogP contribution in [0.25, 0.3) is 10.9 Å². The molecule has 0 aliphatic carbocycles. The highest BCUT2D eigenvalue weighted by Crippen LogP contribution is 2.23. The minimum atomic E-state index is -2.88. The summed E-state index contributed by atoms with van der Waals surface area (Å²) in [5.74, 6) is 1.11. The maximum absolute atomic E-state index is 11.3. The molecule has 1 aromatic heterocycles. The molecule has 0 saturated carbocycles. The number of fused-ring (bicyclic) bond motifs is 1. The standard InChI is InChI=1S/C12H13NO3S/c14-17(15)6-4-11(8-17)16-10-1-2-12-9(7-10)3-5-13-12/h1-3,5,7,11,13H,4,6,8H2. The predicted molar refractivity (Wildman–Crippen MR) is 66.0 cm³/mol. The molecule has 1 aliphatic heterocycles. The van der Waals surface area contributed by atoms with E-state index in [1.807, 2.05) is 30.5 Å². The molecule has 3 rings (SSSR count). The van der Waals surface area contributed by atoms with Gasteiger partial charge in [-0.2, -0.15) is 0 Å². The van der Waals surface area contributed by atoms with Crippen molar-refractivity contribution in [3.63, 3.8) is 0 Å². The van der Waals surface area contributed by atoms with Gasteiger partial charge in [0, 0.05) is 17.1 Å². The van der Waals surface area contributed by atoms with E-state index >= 15 is 0 Å². The van der Waals surface area contributed by atoms with Crippen LogP contribution in [0, 0.1) is 0 Å². The number of benzene rings is 1. The molecule has 0 spiro atoms. The third kappa shape index (κ3) is 2.15. The van der Waals surface area contributed by atoms with Crippen molar-refractivity contribution >= 4 is 20.7 Å². The van der Waals surface area contributed by atoms with Crippen molar-refractivity contribution in [1.82, 2.24) is 4.98 Å². The summed E-state index contributed by atoms with van der Waals surface area (Å²) in [6.07, 6.45) is 2.26. The van der Waals surface area contributed by atoms with Crippen LogP contribution in [0.4, 0.5) is 0 Å². The summed E-state index contributed by atoms with van der Waals surface area (Å²) in [4.78, 5) is 3.10. The van der Waals surface area contributed by atoms with E-state index in [0.29, 0.717) is 6.42 Å². The second-order valence-electron chi connectivity index (χ2n) is 4.37. The van der Waals surface area contributed by atoms with Gasteiger partial charge in [-0.3, -0.25) is 0 Å². The number of hydrogen-bond acceptors (Lipinski definition) is 3. The Labute approximate surface area is 99.5 Å². The molecular weight excluding hydrogens is 238 g/mol. The molecule has 1 aromatic carbocycles. The minimum Gasteiger partial charge on any atom is -0.489 e. The highest BCUT2D eigenvalue weighted by molar-refractivity contribution is 7.91. The second kappa shape index (κ2) is 3.77. The SMILES string of the molecule is O=S1(=O)CCC(Oc2ccc3[nH]ccc3c2)C1. The van der Waals surface area contributed by atoms with Gasteiger partial charge in [-0.1, -0.05) is 0 Å². The van der Waals surface area contributed by atoms with Gasteiger partial charge in [0.15, 0.2) is 9.84 Å². The van der Waals surface area contributed by atoms with Crippen molar-refractivity contribution in [3.8, 4) is 5.75 Å². The van der Waals surface area contributed by atoms with Gasteiger partial charge in [-0.15, -0.1) is 0 Å². The van der Waals surface area contributed by atoms with Gasteiger partial charge >= 0.3 is 0 Å². The fourth-order valence-electron chi connectivity index (χ4n) is 2.15. The number of rotatable bonds is 2. The van der Waals surface area contributed by atoms with Crippen LogP contribution in [-0.4, -0.2) is 31.0 Å². The molecule has 5 heteroatoms. The Kier molecular flexibility index (Phi) is 2.36. The molecule has 1 N–H and O–H groups in total. The lowest BCUT2D eigenvalue weighted by atomic mass is 10.2. The summed E-state index contributed by atoms with van der Waals surface area (Å²) < 4.78 is 28.3. The maximum Gasteiger partial charge on any atom is 0.154 e. The zero-order valence-electron chi connectivity index (χ0n) is 9.22. The highest BCUT2D eigenvalue weighted by Gasteiger charge is 2.29. The lowest BCUT2D eigenvalue weighted by molar-refractivity contribution is 0.229. The van der Waals surface area contributed by atoms with Gasteiger partial charge in [0.05, 0.1) is 11.5 Å². The molecule has 2 heterocycles. The van der Waals surface area contributed by atoms with E-state index in [9.17, 15) is 8.42 Å². The summed E-state index contributed by atoms with van der Waals surface area (Å²) in [5.41, 5.74) is 1.05. The van der Waals surface area contributed by atoms with Gasteiger partial charge < -0.3 is 9.72 Å². The van der Waals surface area contributed by atoms with Crippen LogP contribution >= 0.6 is 0 Å². The van der Waals surface area contributed by atoms with E-state index in [1.165, 1.54) is 0 Å². The van der Waals surface area contributed by atoms with Crippen molar-refractivity contribution in [2.75, 3.05) is 11.5 Å². The van der Waals surface area contributed by atoms with Crippen LogP contribution in [0.3, 0.4) is 0 Å². The molecule has 0 radical (unpaired) electrons. The second-order valence-corrected chi connectivity index (χ2v) is 6.60. The zero-order chi connectivity index (χ0) is 11.9. The third-order valence-corrected chi connectivity index (χ3v) is 4.76. The summed E-state index contributed by atoms with van der Waals surface area (Å²) in [6.45, 7) is 0. The van der Waals surface area contributed by atoms with E-state index in [1.54, 1.807) is 0 Å². The molecule has 1 atom stereocenters. The number of H-pyrrole nitrogens is 1. The first-order valence-electron chi connectivity index (χ1n) is 5.57. The van der Waals surface area contributed by atoms with E-state index in [-0.39, 0.29) is 17.6 Å². The Balaban J connectivity index is 1.81. The predicted octanol–water partition coefficient (Wildman–Crippen LogP) is 1.73. The van der Waals surface area contributed by atoms with Crippen LogP contribution in [0.15, 0.2) is 30.5 Å². The average molecular weight is 251 g/mol. The first kappa shape index (κ1) is 10.7. The largest absolute Gasteiger partial charge is 0.489 e. The molecule has 90 valence electrons. The monoisotopic (exact) mass is 251 g/mol. The molecule has 1 unspecified atom stereocenters. The van der Waals surface area contributed by atoms with Gasteiger partial charge in [0.25, 0.3) is 0 Å². The Morgan fingerprint density at radius 2 is 2.18 bits per heavy atom. The summed E-state index contributed by atoms with van der Waals surface area (Å²) in [5, 5.41) is 1.07. The first-order valence-corrected chi connectivity index (χ1v) is 7.39. The number of ether oxygens (including phenoxy) is 1. The minimum absolute atomic E-state index is 0.137. The maximum atomic E-state index is 11.3. The Bertz CT molecular complexity index is 645. The Hall–Kier alpha value is -1.49. The van der Waals surface area contributed by atoms with Crippen LogP contribution in [-0.2, 0) is 9.84 Å². The lowest BCUT2D eigenvalue weighted by Gasteiger charge is -2.11. The van der Waals surface area contributed by atoms with E-state index < -0.39 is 9.84 Å². The lowest BCUT2D eigenvalue weighted by Crippen LogP contribution is -2.17. The van der Waals surface area contributed by atoms with Gasteiger partial charge in [0.2, 0.25) is 0 Å². The van der Waals surface area contributed by atoms with Gasteiger partial charge in [-0.25, -0.2) is 8.42 Å². The van der Waals surface area contributed by atoms with Crippen molar-refractivity contribution in [3.05, 3.63) is 30.5 Å². The molecule has 1 fully saturated rings. The summed E-state index contributed by atoms with van der Waals surface area (Å²) in [6, 6.07) is 7.70. The Morgan fingerprint density at radius 1 is 1.29 bits per heavy atom. The van der Waals surface area contributed by atoms with Crippen LogP contribution in [0.1, 0.15) is 6.42 Å². The molecule has 4 nitrogen and oxygen atoms in total. The van der Waals surface area contributed by atoms with Gasteiger partial charge in [-0.05, 0) is 30.7 Å².